The number of amides is 1. The molecule has 0 spiro atoms. The Labute approximate surface area is 172 Å². The minimum Gasteiger partial charge on any atom is -0.360 e. The van der Waals surface area contributed by atoms with E-state index in [4.69, 9.17) is 5.26 Å². The Morgan fingerprint density at radius 3 is 2.00 bits per heavy atom. The molecule has 11 heteroatoms. The average molecular weight is 441 g/mol. The number of carbonyl (C=O) groups excluding carboxylic acids is 2. The summed E-state index contributed by atoms with van der Waals surface area (Å²) < 4.78 is 77.5. The number of Topliss-reactive ketones (excluding diaryl/α,β-unsaturated/α-hetero) is 1. The molecule has 2 aromatic carbocycles. The van der Waals surface area contributed by atoms with Gasteiger partial charge in [-0.1, -0.05) is 12.1 Å². The summed E-state index contributed by atoms with van der Waals surface area (Å²) >= 11 is 0. The maximum absolute atomic E-state index is 12.9. The molecule has 162 valence electrons. The number of hydrogen-bond donors (Lipinski definition) is 2. The lowest BCUT2D eigenvalue weighted by molar-refractivity contribution is -0.143. The molecule has 0 aromatic heterocycles. The molecule has 0 fully saturated rings. The fourth-order valence-corrected chi connectivity index (χ4v) is 2.36. The Morgan fingerprint density at radius 2 is 1.52 bits per heavy atom. The summed E-state index contributed by atoms with van der Waals surface area (Å²) in [6, 6.07) is 8.00. The van der Waals surface area contributed by atoms with Gasteiger partial charge in [0.25, 0.3) is 5.91 Å². The third-order valence-corrected chi connectivity index (χ3v) is 3.86. The third-order valence-electron chi connectivity index (χ3n) is 3.86. The smallest absolute Gasteiger partial charge is 0.360 e. The average Bonchev–Trinajstić information content (AvgIpc) is 2.67. The molecular formula is C20H13F6N3O2. The molecule has 0 bridgehead atoms. The SMILES string of the molecule is CC(=O)c1cccc(NC(=O)/C(C#N)=C\Nc2cc(C(F)(F)F)cc(C(F)(F)F)c2)c1. The van der Waals surface area contributed by atoms with E-state index in [1.54, 1.807) is 0 Å². The molecule has 0 heterocycles. The second-order valence-electron chi connectivity index (χ2n) is 6.20. The molecule has 2 aromatic rings. The van der Waals surface area contributed by atoms with Crippen LogP contribution in [-0.2, 0) is 17.1 Å². The largest absolute Gasteiger partial charge is 0.416 e. The topological polar surface area (TPSA) is 82.0 Å². The predicted molar refractivity (Wildman–Crippen MR) is 98.8 cm³/mol. The van der Waals surface area contributed by atoms with Gasteiger partial charge in [-0.05, 0) is 37.3 Å². The Morgan fingerprint density at radius 1 is 0.935 bits per heavy atom. The van der Waals surface area contributed by atoms with Crippen LogP contribution in [0.1, 0.15) is 28.4 Å². The molecular weight excluding hydrogens is 428 g/mol. The van der Waals surface area contributed by atoms with Crippen LogP contribution in [0, 0.1) is 11.3 Å². The minimum absolute atomic E-state index is 0.0468. The van der Waals surface area contributed by atoms with Crippen LogP contribution in [0.15, 0.2) is 54.2 Å². The van der Waals surface area contributed by atoms with Crippen LogP contribution in [0.4, 0.5) is 37.7 Å². The summed E-state index contributed by atoms with van der Waals surface area (Å²) in [5.41, 5.74) is -3.91. The van der Waals surface area contributed by atoms with Gasteiger partial charge in [-0.15, -0.1) is 0 Å². The highest BCUT2D eigenvalue weighted by Gasteiger charge is 2.36. The van der Waals surface area contributed by atoms with Gasteiger partial charge in [-0.2, -0.15) is 31.6 Å². The van der Waals surface area contributed by atoms with Gasteiger partial charge in [0, 0.05) is 23.1 Å². The van der Waals surface area contributed by atoms with Gasteiger partial charge < -0.3 is 10.6 Å². The minimum atomic E-state index is -5.04. The van der Waals surface area contributed by atoms with E-state index >= 15 is 0 Å². The van der Waals surface area contributed by atoms with Crippen LogP contribution in [-0.4, -0.2) is 11.7 Å². The summed E-state index contributed by atoms with van der Waals surface area (Å²) in [4.78, 5) is 23.6. The van der Waals surface area contributed by atoms with E-state index < -0.39 is 40.6 Å². The third kappa shape index (κ3) is 6.33. The molecule has 0 aliphatic rings. The zero-order valence-corrected chi connectivity index (χ0v) is 15.7. The molecule has 0 atom stereocenters. The van der Waals surface area contributed by atoms with Crippen molar-refractivity contribution < 1.29 is 35.9 Å². The van der Waals surface area contributed by atoms with Crippen LogP contribution in [0.5, 0.6) is 0 Å². The molecule has 0 aliphatic carbocycles. The number of rotatable bonds is 5. The van der Waals surface area contributed by atoms with Gasteiger partial charge >= 0.3 is 12.4 Å². The summed E-state index contributed by atoms with van der Waals surface area (Å²) in [7, 11) is 0. The van der Waals surface area contributed by atoms with Crippen molar-refractivity contribution in [2.45, 2.75) is 19.3 Å². The Hall–Kier alpha value is -3.81. The molecule has 2 rings (SSSR count). The first-order chi connectivity index (χ1) is 14.3. The van der Waals surface area contributed by atoms with E-state index in [9.17, 15) is 35.9 Å². The highest BCUT2D eigenvalue weighted by molar-refractivity contribution is 6.07. The normalized spacial score (nSPS) is 12.1. The number of nitriles is 1. The zero-order valence-electron chi connectivity index (χ0n) is 15.7. The van der Waals surface area contributed by atoms with Gasteiger partial charge in [-0.25, -0.2) is 0 Å². The highest BCUT2D eigenvalue weighted by Crippen LogP contribution is 2.37. The van der Waals surface area contributed by atoms with E-state index in [-0.39, 0.29) is 23.1 Å². The van der Waals surface area contributed by atoms with Crippen molar-refractivity contribution in [3.63, 3.8) is 0 Å². The Bertz CT molecular complexity index is 1050. The standard InChI is InChI=1S/C20H13F6N3O2/c1-11(30)12-3-2-4-16(5-12)29-18(31)13(9-27)10-28-17-7-14(19(21,22)23)6-15(8-17)20(24,25)26/h2-8,10,28H,1H3,(H,29,31)/b13-10-. The number of halogens is 6. The number of alkyl halides is 6. The number of nitrogens with one attached hydrogen (secondary N) is 2. The quantitative estimate of drug-likeness (QED) is 0.282. The fourth-order valence-electron chi connectivity index (χ4n) is 2.36. The van der Waals surface area contributed by atoms with Gasteiger partial charge in [0.15, 0.2) is 5.78 Å². The van der Waals surface area contributed by atoms with Crippen molar-refractivity contribution in [1.29, 1.82) is 5.26 Å². The molecule has 1 amide bonds. The molecule has 0 radical (unpaired) electrons. The maximum atomic E-state index is 12.9. The highest BCUT2D eigenvalue weighted by atomic mass is 19.4. The number of benzene rings is 2. The second kappa shape index (κ2) is 8.91. The van der Waals surface area contributed by atoms with E-state index in [1.165, 1.54) is 37.3 Å². The van der Waals surface area contributed by atoms with E-state index in [2.05, 4.69) is 10.6 Å². The van der Waals surface area contributed by atoms with Crippen molar-refractivity contribution >= 4 is 23.1 Å². The van der Waals surface area contributed by atoms with Crippen LogP contribution in [0.3, 0.4) is 0 Å². The maximum Gasteiger partial charge on any atom is 0.416 e. The van der Waals surface area contributed by atoms with Gasteiger partial charge in [-0.3, -0.25) is 9.59 Å². The molecule has 0 unspecified atom stereocenters. The van der Waals surface area contributed by atoms with Crippen LogP contribution in [0.2, 0.25) is 0 Å². The summed E-state index contributed by atoms with van der Waals surface area (Å²) in [6.07, 6.45) is -9.41. The first kappa shape index (κ1) is 23.5. The van der Waals surface area contributed by atoms with Crippen molar-refractivity contribution in [3.05, 3.63) is 70.9 Å². The molecule has 5 nitrogen and oxygen atoms in total. The van der Waals surface area contributed by atoms with Crippen molar-refractivity contribution in [1.82, 2.24) is 0 Å². The fraction of sp³-hybridized carbons (Fsp3) is 0.150. The van der Waals surface area contributed by atoms with E-state index in [0.29, 0.717) is 18.3 Å². The van der Waals surface area contributed by atoms with Crippen LogP contribution >= 0.6 is 0 Å². The van der Waals surface area contributed by atoms with Crippen LogP contribution < -0.4 is 10.6 Å². The second-order valence-corrected chi connectivity index (χ2v) is 6.20. The molecule has 0 saturated heterocycles. The lowest BCUT2D eigenvalue weighted by Gasteiger charge is -2.14. The number of hydrogen-bond acceptors (Lipinski definition) is 4. The number of anilines is 2. The Kier molecular flexibility index (Phi) is 6.74. The lowest BCUT2D eigenvalue weighted by atomic mass is 10.1. The molecule has 31 heavy (non-hydrogen) atoms. The summed E-state index contributed by atoms with van der Waals surface area (Å²) in [6.45, 7) is 1.30. The van der Waals surface area contributed by atoms with Crippen molar-refractivity contribution in [3.8, 4) is 6.07 Å². The summed E-state index contributed by atoms with van der Waals surface area (Å²) in [5, 5.41) is 13.6. The molecule has 0 aliphatic heterocycles. The predicted octanol–water partition coefficient (Wildman–Crippen LogP) is 5.38. The van der Waals surface area contributed by atoms with Gasteiger partial charge in [0.1, 0.15) is 11.6 Å². The lowest BCUT2D eigenvalue weighted by Crippen LogP contribution is -2.15. The van der Waals surface area contributed by atoms with Gasteiger partial charge in [0.2, 0.25) is 0 Å². The van der Waals surface area contributed by atoms with Crippen molar-refractivity contribution in [2.75, 3.05) is 10.6 Å². The number of ketones is 1. The number of carbonyl (C=O) groups is 2. The van der Waals surface area contributed by atoms with E-state index in [0.717, 1.165) is 0 Å². The van der Waals surface area contributed by atoms with E-state index in [1.807, 2.05) is 0 Å². The molecule has 2 N–H and O–H groups in total. The first-order valence-corrected chi connectivity index (χ1v) is 8.40. The monoisotopic (exact) mass is 441 g/mol. The first-order valence-electron chi connectivity index (χ1n) is 8.40. The van der Waals surface area contributed by atoms with Gasteiger partial charge in [0.05, 0.1) is 11.1 Å². The number of nitrogens with zero attached hydrogens (tertiary/aromatic N) is 1. The van der Waals surface area contributed by atoms with Crippen LogP contribution in [0.25, 0.3) is 0 Å². The zero-order chi connectivity index (χ0) is 23.4. The molecule has 0 saturated carbocycles. The van der Waals surface area contributed by atoms with Crippen molar-refractivity contribution in [2.24, 2.45) is 0 Å². The summed E-state index contributed by atoms with van der Waals surface area (Å²) in [5.74, 6) is -1.27. The Balaban J connectivity index is 2.30.